The van der Waals surface area contributed by atoms with Crippen molar-refractivity contribution in [1.29, 1.82) is 0 Å². The summed E-state index contributed by atoms with van der Waals surface area (Å²) in [5.41, 5.74) is 4.70. The normalized spacial score (nSPS) is 14.6. The lowest BCUT2D eigenvalue weighted by atomic mass is 10.1. The molecular formula is C26H19Cl2NO3. The first-order valence-corrected chi connectivity index (χ1v) is 10.6. The molecule has 0 saturated heterocycles. The van der Waals surface area contributed by atoms with E-state index in [2.05, 4.69) is 0 Å². The van der Waals surface area contributed by atoms with E-state index in [4.69, 9.17) is 27.9 Å². The fourth-order valence-electron chi connectivity index (χ4n) is 3.61. The molecule has 0 radical (unpaired) electrons. The van der Waals surface area contributed by atoms with E-state index in [0.717, 1.165) is 16.8 Å². The zero-order valence-electron chi connectivity index (χ0n) is 17.4. The maximum Gasteiger partial charge on any atom is 0.337 e. The predicted molar refractivity (Wildman–Crippen MR) is 129 cm³/mol. The van der Waals surface area contributed by atoms with Crippen LogP contribution in [0, 0.1) is 6.92 Å². The van der Waals surface area contributed by atoms with Crippen molar-refractivity contribution in [2.75, 3.05) is 12.0 Å². The Hall–Kier alpha value is -3.34. The molecule has 1 aliphatic heterocycles. The van der Waals surface area contributed by atoms with Crippen molar-refractivity contribution in [3.8, 4) is 0 Å². The van der Waals surface area contributed by atoms with Crippen molar-refractivity contribution in [3.63, 3.8) is 0 Å². The van der Waals surface area contributed by atoms with Gasteiger partial charge in [-0.2, -0.15) is 0 Å². The molecule has 160 valence electrons. The van der Waals surface area contributed by atoms with E-state index in [0.29, 0.717) is 32.4 Å². The third-order valence-electron chi connectivity index (χ3n) is 5.19. The van der Waals surface area contributed by atoms with Gasteiger partial charge in [-0.1, -0.05) is 59.6 Å². The monoisotopic (exact) mass is 463 g/mol. The van der Waals surface area contributed by atoms with Crippen molar-refractivity contribution in [3.05, 3.63) is 111 Å². The van der Waals surface area contributed by atoms with Crippen LogP contribution in [-0.4, -0.2) is 19.0 Å². The summed E-state index contributed by atoms with van der Waals surface area (Å²) in [6.45, 7) is 1.86. The number of hydrogen-bond acceptors (Lipinski definition) is 3. The molecular weight excluding hydrogens is 445 g/mol. The Morgan fingerprint density at radius 3 is 2.41 bits per heavy atom. The summed E-state index contributed by atoms with van der Waals surface area (Å²) in [5, 5.41) is 0.989. The van der Waals surface area contributed by atoms with Crippen molar-refractivity contribution >= 4 is 52.5 Å². The fourth-order valence-corrected chi connectivity index (χ4v) is 4.08. The zero-order valence-corrected chi connectivity index (χ0v) is 18.9. The molecule has 0 atom stereocenters. The van der Waals surface area contributed by atoms with E-state index in [1.807, 2.05) is 43.3 Å². The molecule has 0 aromatic heterocycles. The van der Waals surface area contributed by atoms with Gasteiger partial charge in [0.05, 0.1) is 24.1 Å². The number of methoxy groups -OCH3 is 1. The number of rotatable bonds is 4. The first-order chi connectivity index (χ1) is 15.4. The Morgan fingerprint density at radius 1 is 1.00 bits per heavy atom. The average molecular weight is 464 g/mol. The first-order valence-electron chi connectivity index (χ1n) is 9.86. The molecule has 1 heterocycles. The lowest BCUT2D eigenvalue weighted by Crippen LogP contribution is -2.26. The number of esters is 1. The number of benzene rings is 3. The number of ether oxygens (including phenoxy) is 1. The van der Waals surface area contributed by atoms with Gasteiger partial charge in [-0.3, -0.25) is 9.69 Å². The van der Waals surface area contributed by atoms with Crippen LogP contribution in [0.2, 0.25) is 10.0 Å². The molecule has 4 rings (SSSR count). The van der Waals surface area contributed by atoms with Gasteiger partial charge in [0.1, 0.15) is 0 Å². The maximum atomic E-state index is 13.5. The number of carbonyl (C=O) groups is 2. The number of amides is 1. The second-order valence-corrected chi connectivity index (χ2v) is 8.14. The van der Waals surface area contributed by atoms with Crippen molar-refractivity contribution in [2.45, 2.75) is 6.92 Å². The highest BCUT2D eigenvalue weighted by Crippen LogP contribution is 2.37. The van der Waals surface area contributed by atoms with E-state index in [-0.39, 0.29) is 5.91 Å². The third-order valence-corrected chi connectivity index (χ3v) is 5.75. The molecule has 0 N–H and O–H groups in total. The van der Waals surface area contributed by atoms with Gasteiger partial charge < -0.3 is 4.74 Å². The summed E-state index contributed by atoms with van der Waals surface area (Å²) >= 11 is 12.3. The van der Waals surface area contributed by atoms with E-state index in [9.17, 15) is 9.59 Å². The number of carbonyl (C=O) groups excluding carboxylic acids is 2. The minimum absolute atomic E-state index is 0.191. The number of nitrogens with zero attached hydrogens (tertiary/aromatic N) is 1. The Balaban J connectivity index is 1.83. The molecule has 0 fully saturated rings. The highest BCUT2D eigenvalue weighted by atomic mass is 35.5. The minimum Gasteiger partial charge on any atom is -0.465 e. The summed E-state index contributed by atoms with van der Waals surface area (Å²) in [6.07, 6.45) is 3.60. The van der Waals surface area contributed by atoms with Gasteiger partial charge in [0.2, 0.25) is 0 Å². The lowest BCUT2D eigenvalue weighted by molar-refractivity contribution is -0.113. The Labute approximate surface area is 196 Å². The van der Waals surface area contributed by atoms with Crippen LogP contribution in [0.25, 0.3) is 11.8 Å². The van der Waals surface area contributed by atoms with Gasteiger partial charge in [0.25, 0.3) is 5.91 Å². The van der Waals surface area contributed by atoms with Crippen LogP contribution in [0.3, 0.4) is 0 Å². The molecule has 3 aromatic carbocycles. The van der Waals surface area contributed by atoms with Gasteiger partial charge in [-0.25, -0.2) is 4.79 Å². The number of anilines is 1. The van der Waals surface area contributed by atoms with Gasteiger partial charge in [-0.15, -0.1) is 0 Å². The first kappa shape index (κ1) is 21.9. The Morgan fingerprint density at radius 2 is 1.75 bits per heavy atom. The van der Waals surface area contributed by atoms with Gasteiger partial charge in [0, 0.05) is 15.6 Å². The van der Waals surface area contributed by atoms with Crippen LogP contribution < -0.4 is 4.90 Å². The molecule has 0 unspecified atom stereocenters. The molecule has 0 bridgehead atoms. The number of halogens is 2. The van der Waals surface area contributed by atoms with Crippen molar-refractivity contribution in [1.82, 2.24) is 0 Å². The Bertz CT molecular complexity index is 1280. The lowest BCUT2D eigenvalue weighted by Gasteiger charge is -2.23. The van der Waals surface area contributed by atoms with E-state index < -0.39 is 5.97 Å². The minimum atomic E-state index is -0.427. The van der Waals surface area contributed by atoms with Crippen molar-refractivity contribution < 1.29 is 14.3 Å². The number of aryl methyl sites for hydroxylation is 1. The molecule has 0 aliphatic carbocycles. The molecule has 0 saturated carbocycles. The molecule has 1 aliphatic rings. The zero-order chi connectivity index (χ0) is 22.8. The highest BCUT2D eigenvalue weighted by Gasteiger charge is 2.31. The summed E-state index contributed by atoms with van der Waals surface area (Å²) in [6, 6.07) is 19.9. The maximum absolute atomic E-state index is 13.5. The SMILES string of the molecule is COC(=O)c1ccc(N2C(=O)/C(=C/c3ccc(Cl)cc3Cl)C=C2c2ccccc2)c(C)c1. The molecule has 4 nitrogen and oxygen atoms in total. The van der Waals surface area contributed by atoms with Gasteiger partial charge in [-0.05, 0) is 66.1 Å². The smallest absolute Gasteiger partial charge is 0.337 e. The van der Waals surface area contributed by atoms with Gasteiger partial charge >= 0.3 is 5.97 Å². The van der Waals surface area contributed by atoms with Crippen LogP contribution in [0.5, 0.6) is 0 Å². The average Bonchev–Trinajstić information content (AvgIpc) is 3.11. The standard InChI is InChI=1S/C26H19Cl2NO3/c1-16-12-19(26(31)32-2)9-11-23(16)29-24(17-6-4-3-5-7-17)14-20(25(29)30)13-18-8-10-21(27)15-22(18)28/h3-15H,1-2H3/b20-13+. The third kappa shape index (κ3) is 4.20. The van der Waals surface area contributed by atoms with Crippen LogP contribution >= 0.6 is 23.2 Å². The van der Waals surface area contributed by atoms with E-state index in [1.165, 1.54) is 7.11 Å². The van der Waals surface area contributed by atoms with Crippen LogP contribution in [0.1, 0.15) is 27.0 Å². The molecule has 6 heteroatoms. The summed E-state index contributed by atoms with van der Waals surface area (Å²) in [4.78, 5) is 27.1. The predicted octanol–water partition coefficient (Wildman–Crippen LogP) is 6.56. The fraction of sp³-hybridized carbons (Fsp3) is 0.0769. The quantitative estimate of drug-likeness (QED) is 0.325. The second kappa shape index (κ2) is 9.03. The summed E-state index contributed by atoms with van der Waals surface area (Å²) < 4.78 is 4.81. The Kier molecular flexibility index (Phi) is 6.17. The van der Waals surface area contributed by atoms with E-state index in [1.54, 1.807) is 47.4 Å². The molecule has 1 amide bonds. The van der Waals surface area contributed by atoms with E-state index >= 15 is 0 Å². The van der Waals surface area contributed by atoms with Crippen LogP contribution in [0.15, 0.2) is 78.4 Å². The summed E-state index contributed by atoms with van der Waals surface area (Å²) in [5.74, 6) is -0.618. The van der Waals surface area contributed by atoms with Crippen LogP contribution in [-0.2, 0) is 9.53 Å². The molecule has 3 aromatic rings. The van der Waals surface area contributed by atoms with Gasteiger partial charge in [0.15, 0.2) is 0 Å². The highest BCUT2D eigenvalue weighted by molar-refractivity contribution is 6.35. The number of hydrogen-bond donors (Lipinski definition) is 0. The van der Waals surface area contributed by atoms with Crippen LogP contribution in [0.4, 0.5) is 5.69 Å². The second-order valence-electron chi connectivity index (χ2n) is 7.29. The molecule has 32 heavy (non-hydrogen) atoms. The largest absolute Gasteiger partial charge is 0.465 e. The van der Waals surface area contributed by atoms with Crippen molar-refractivity contribution in [2.24, 2.45) is 0 Å². The topological polar surface area (TPSA) is 46.6 Å². The molecule has 0 spiro atoms. The summed E-state index contributed by atoms with van der Waals surface area (Å²) in [7, 11) is 1.34.